The van der Waals surface area contributed by atoms with Crippen LogP contribution in [-0.4, -0.2) is 36.1 Å². The van der Waals surface area contributed by atoms with Crippen molar-refractivity contribution in [1.29, 1.82) is 0 Å². The van der Waals surface area contributed by atoms with Gasteiger partial charge >= 0.3 is 0 Å². The van der Waals surface area contributed by atoms with Crippen LogP contribution in [0.3, 0.4) is 0 Å². The topological polar surface area (TPSA) is 76.1 Å². The molecule has 0 aliphatic carbocycles. The van der Waals surface area contributed by atoms with Crippen LogP contribution >= 0.6 is 0 Å². The van der Waals surface area contributed by atoms with Gasteiger partial charge in [-0.2, -0.15) is 0 Å². The normalized spacial score (nSPS) is 10.1. The summed E-state index contributed by atoms with van der Waals surface area (Å²) in [5.74, 6) is 0.286. The predicted molar refractivity (Wildman–Crippen MR) is 80.0 cm³/mol. The number of amides is 1. The van der Waals surface area contributed by atoms with E-state index in [1.165, 1.54) is 12.4 Å². The number of carbonyl (C=O) groups is 1. The Morgan fingerprint density at radius 2 is 1.90 bits per heavy atom. The number of nitrogens with one attached hydrogen (secondary N) is 2. The minimum Gasteiger partial charge on any atom is -0.383 e. The fourth-order valence-electron chi connectivity index (χ4n) is 1.68. The Balaban J connectivity index is 1.85. The molecule has 0 aliphatic heterocycles. The van der Waals surface area contributed by atoms with E-state index in [0.29, 0.717) is 31.2 Å². The number of nitrogens with zero attached hydrogens (tertiary/aromatic N) is 2. The second kappa shape index (κ2) is 7.96. The van der Waals surface area contributed by atoms with E-state index in [9.17, 15) is 4.79 Å². The van der Waals surface area contributed by atoms with Crippen LogP contribution in [0.5, 0.6) is 0 Å². The van der Waals surface area contributed by atoms with Gasteiger partial charge in [0.05, 0.1) is 12.2 Å². The highest BCUT2D eigenvalue weighted by Gasteiger charge is 2.06. The number of hydrogen-bond acceptors (Lipinski definition) is 5. The van der Waals surface area contributed by atoms with Crippen molar-refractivity contribution in [1.82, 2.24) is 15.3 Å². The Morgan fingerprint density at radius 1 is 1.19 bits per heavy atom. The summed E-state index contributed by atoms with van der Waals surface area (Å²) in [5, 5.41) is 5.82. The van der Waals surface area contributed by atoms with Crippen LogP contribution in [0.25, 0.3) is 0 Å². The van der Waals surface area contributed by atoms with Crippen LogP contribution in [0.4, 0.5) is 5.95 Å². The number of ether oxygens (including phenoxy) is 1. The van der Waals surface area contributed by atoms with Crippen LogP contribution in [0.15, 0.2) is 42.7 Å². The first-order chi connectivity index (χ1) is 10.3. The third-order valence-electron chi connectivity index (χ3n) is 2.80. The van der Waals surface area contributed by atoms with Gasteiger partial charge in [-0.25, -0.2) is 9.97 Å². The zero-order chi connectivity index (χ0) is 14.9. The van der Waals surface area contributed by atoms with Crippen LogP contribution in [0.2, 0.25) is 0 Å². The SMILES string of the molecule is COCCNC(=O)c1cnc(NCc2ccccc2)nc1. The molecule has 6 nitrogen and oxygen atoms in total. The summed E-state index contributed by atoms with van der Waals surface area (Å²) >= 11 is 0. The number of hydrogen-bond donors (Lipinski definition) is 2. The Bertz CT molecular complexity index is 558. The molecule has 0 saturated heterocycles. The summed E-state index contributed by atoms with van der Waals surface area (Å²) in [6, 6.07) is 9.96. The molecule has 0 saturated carbocycles. The van der Waals surface area contributed by atoms with Gasteiger partial charge in [-0.05, 0) is 5.56 Å². The molecule has 1 aromatic heterocycles. The Morgan fingerprint density at radius 3 is 2.57 bits per heavy atom. The molecular weight excluding hydrogens is 268 g/mol. The molecule has 1 aromatic carbocycles. The van der Waals surface area contributed by atoms with E-state index in [4.69, 9.17) is 4.74 Å². The molecule has 2 rings (SSSR count). The molecule has 0 bridgehead atoms. The highest BCUT2D eigenvalue weighted by molar-refractivity contribution is 5.93. The largest absolute Gasteiger partial charge is 0.383 e. The van der Waals surface area contributed by atoms with Crippen LogP contribution < -0.4 is 10.6 Å². The van der Waals surface area contributed by atoms with Gasteiger partial charge in [0.1, 0.15) is 0 Å². The van der Waals surface area contributed by atoms with Crippen LogP contribution in [0.1, 0.15) is 15.9 Å². The van der Waals surface area contributed by atoms with Gasteiger partial charge in [-0.3, -0.25) is 4.79 Å². The zero-order valence-corrected chi connectivity index (χ0v) is 11.9. The van der Waals surface area contributed by atoms with E-state index >= 15 is 0 Å². The molecule has 1 amide bonds. The van der Waals surface area contributed by atoms with E-state index in [0.717, 1.165) is 5.56 Å². The molecule has 0 unspecified atom stereocenters. The molecule has 1 heterocycles. The lowest BCUT2D eigenvalue weighted by Crippen LogP contribution is -2.27. The first kappa shape index (κ1) is 14.9. The number of methoxy groups -OCH3 is 1. The average Bonchev–Trinajstić information content (AvgIpc) is 2.54. The van der Waals surface area contributed by atoms with Crippen molar-refractivity contribution in [3.05, 3.63) is 53.9 Å². The predicted octanol–water partition coefficient (Wildman–Crippen LogP) is 1.46. The summed E-state index contributed by atoms with van der Waals surface area (Å²) in [4.78, 5) is 20.0. The Labute approximate surface area is 123 Å². The highest BCUT2D eigenvalue weighted by Crippen LogP contribution is 2.04. The summed E-state index contributed by atoms with van der Waals surface area (Å²) in [5.41, 5.74) is 1.57. The van der Waals surface area contributed by atoms with Crippen molar-refractivity contribution < 1.29 is 9.53 Å². The van der Waals surface area contributed by atoms with Crippen molar-refractivity contribution in [2.45, 2.75) is 6.54 Å². The molecule has 0 aliphatic rings. The minimum atomic E-state index is -0.207. The Kier molecular flexibility index (Phi) is 5.66. The van der Waals surface area contributed by atoms with Crippen molar-refractivity contribution >= 4 is 11.9 Å². The summed E-state index contributed by atoms with van der Waals surface area (Å²) in [7, 11) is 1.59. The van der Waals surface area contributed by atoms with Crippen LogP contribution in [0, 0.1) is 0 Å². The number of carbonyl (C=O) groups excluding carboxylic acids is 1. The molecule has 0 fully saturated rings. The van der Waals surface area contributed by atoms with Crippen molar-refractivity contribution in [3.8, 4) is 0 Å². The Hall–Kier alpha value is -2.47. The van der Waals surface area contributed by atoms with Crippen molar-refractivity contribution in [2.24, 2.45) is 0 Å². The van der Waals surface area contributed by atoms with Gasteiger partial charge in [-0.1, -0.05) is 30.3 Å². The molecule has 2 N–H and O–H groups in total. The smallest absolute Gasteiger partial charge is 0.254 e. The molecule has 2 aromatic rings. The third-order valence-corrected chi connectivity index (χ3v) is 2.80. The number of anilines is 1. The second-order valence-corrected chi connectivity index (χ2v) is 4.38. The standard InChI is InChI=1S/C15H18N4O2/c1-21-8-7-16-14(20)13-10-18-15(19-11-13)17-9-12-5-3-2-4-6-12/h2-6,10-11H,7-9H2,1H3,(H,16,20)(H,17,18,19). The lowest BCUT2D eigenvalue weighted by Gasteiger charge is -2.06. The maximum absolute atomic E-state index is 11.7. The second-order valence-electron chi connectivity index (χ2n) is 4.38. The van der Waals surface area contributed by atoms with Gasteiger partial charge in [-0.15, -0.1) is 0 Å². The van der Waals surface area contributed by atoms with Gasteiger partial charge < -0.3 is 15.4 Å². The van der Waals surface area contributed by atoms with Crippen LogP contribution in [-0.2, 0) is 11.3 Å². The van der Waals surface area contributed by atoms with Crippen molar-refractivity contribution in [2.75, 3.05) is 25.6 Å². The van der Waals surface area contributed by atoms with Gasteiger partial charge in [0, 0.05) is 32.6 Å². The molecule has 21 heavy (non-hydrogen) atoms. The molecule has 0 spiro atoms. The fraction of sp³-hybridized carbons (Fsp3) is 0.267. The highest BCUT2D eigenvalue weighted by atomic mass is 16.5. The quantitative estimate of drug-likeness (QED) is 0.754. The van der Waals surface area contributed by atoms with Crippen molar-refractivity contribution in [3.63, 3.8) is 0 Å². The summed E-state index contributed by atoms with van der Waals surface area (Å²) in [6.45, 7) is 1.58. The zero-order valence-electron chi connectivity index (χ0n) is 11.9. The molecule has 0 radical (unpaired) electrons. The number of benzene rings is 1. The van der Waals surface area contributed by atoms with E-state index in [1.54, 1.807) is 7.11 Å². The average molecular weight is 286 g/mol. The summed E-state index contributed by atoms with van der Waals surface area (Å²) in [6.07, 6.45) is 3.00. The lowest BCUT2D eigenvalue weighted by molar-refractivity contribution is 0.0936. The minimum absolute atomic E-state index is 0.207. The van der Waals surface area contributed by atoms with E-state index in [-0.39, 0.29) is 5.91 Å². The molecule has 110 valence electrons. The molecule has 0 atom stereocenters. The van der Waals surface area contributed by atoms with Gasteiger partial charge in [0.25, 0.3) is 5.91 Å². The first-order valence-corrected chi connectivity index (χ1v) is 6.66. The molecular formula is C15H18N4O2. The van der Waals surface area contributed by atoms with E-state index in [2.05, 4.69) is 20.6 Å². The first-order valence-electron chi connectivity index (χ1n) is 6.66. The summed E-state index contributed by atoms with van der Waals surface area (Å²) < 4.78 is 4.87. The number of aromatic nitrogens is 2. The van der Waals surface area contributed by atoms with E-state index in [1.807, 2.05) is 30.3 Å². The molecule has 6 heteroatoms. The monoisotopic (exact) mass is 286 g/mol. The maximum atomic E-state index is 11.7. The van der Waals surface area contributed by atoms with E-state index < -0.39 is 0 Å². The maximum Gasteiger partial charge on any atom is 0.254 e. The van der Waals surface area contributed by atoms with Gasteiger partial charge in [0.2, 0.25) is 5.95 Å². The third kappa shape index (κ3) is 4.85. The fourth-order valence-corrected chi connectivity index (χ4v) is 1.68. The van der Waals surface area contributed by atoms with Gasteiger partial charge in [0.15, 0.2) is 0 Å². The lowest BCUT2D eigenvalue weighted by atomic mass is 10.2. The number of rotatable bonds is 7.